The van der Waals surface area contributed by atoms with Crippen LogP contribution < -0.4 is 14.8 Å². The number of hydrogen-bond acceptors (Lipinski definition) is 8. The van der Waals surface area contributed by atoms with Crippen molar-refractivity contribution < 1.29 is 9.47 Å². The summed E-state index contributed by atoms with van der Waals surface area (Å²) < 4.78 is 13.7. The average Bonchev–Trinajstić information content (AvgIpc) is 3.18. The second-order valence-electron chi connectivity index (χ2n) is 8.42. The van der Waals surface area contributed by atoms with Crippen LogP contribution in [-0.4, -0.2) is 50.3 Å². The monoisotopic (exact) mass is 457 g/mol. The smallest absolute Gasteiger partial charge is 0.220 e. The molecule has 0 saturated heterocycles. The van der Waals surface area contributed by atoms with Gasteiger partial charge in [-0.2, -0.15) is 10.1 Å². The van der Waals surface area contributed by atoms with Crippen molar-refractivity contribution in [3.8, 4) is 17.3 Å². The van der Waals surface area contributed by atoms with E-state index in [2.05, 4.69) is 38.4 Å². The van der Waals surface area contributed by atoms with Gasteiger partial charge in [-0.15, -0.1) is 0 Å². The van der Waals surface area contributed by atoms with Gasteiger partial charge in [0.25, 0.3) is 0 Å². The third-order valence-electron chi connectivity index (χ3n) is 5.66. The Bertz CT molecular complexity index is 1320. The molecule has 0 saturated carbocycles. The van der Waals surface area contributed by atoms with Gasteiger partial charge in [-0.3, -0.25) is 9.88 Å². The third kappa shape index (κ3) is 4.55. The number of hydrogen-bond donors (Lipinski definition) is 1. The number of likely N-dealkylation sites (N-methyl/N-ethyl adjacent to an activating group) is 1. The van der Waals surface area contributed by atoms with E-state index in [1.807, 2.05) is 56.3 Å². The van der Waals surface area contributed by atoms with E-state index in [9.17, 15) is 0 Å². The molecule has 1 aromatic carbocycles. The van der Waals surface area contributed by atoms with Gasteiger partial charge in [-0.1, -0.05) is 6.07 Å². The zero-order valence-corrected chi connectivity index (χ0v) is 19.7. The summed E-state index contributed by atoms with van der Waals surface area (Å²) in [6.07, 6.45) is 1.47. The fourth-order valence-corrected chi connectivity index (χ4v) is 4.02. The van der Waals surface area contributed by atoms with Gasteiger partial charge in [0.1, 0.15) is 29.4 Å². The predicted octanol–water partition coefficient (Wildman–Crippen LogP) is 3.99. The molecule has 0 spiro atoms. The second kappa shape index (κ2) is 9.11. The number of anilines is 2. The van der Waals surface area contributed by atoms with Crippen molar-refractivity contribution in [3.05, 3.63) is 77.6 Å². The van der Waals surface area contributed by atoms with Gasteiger partial charge in [-0.25, -0.2) is 9.67 Å². The highest BCUT2D eigenvalue weighted by atomic mass is 16.5. The van der Waals surface area contributed by atoms with E-state index in [-0.39, 0.29) is 6.10 Å². The molecule has 4 heterocycles. The van der Waals surface area contributed by atoms with Gasteiger partial charge in [0.05, 0.1) is 12.8 Å². The Kier molecular flexibility index (Phi) is 5.85. The molecule has 1 N–H and O–H groups in total. The lowest BCUT2D eigenvalue weighted by atomic mass is 10.2. The number of benzene rings is 1. The Labute approximate surface area is 198 Å². The van der Waals surface area contributed by atoms with Crippen LogP contribution >= 0.6 is 0 Å². The highest BCUT2D eigenvalue weighted by molar-refractivity contribution is 5.63. The van der Waals surface area contributed by atoms with Crippen molar-refractivity contribution in [1.29, 1.82) is 0 Å². The normalized spacial score (nSPS) is 15.8. The predicted molar refractivity (Wildman–Crippen MR) is 129 cm³/mol. The number of aromatic nitrogens is 5. The minimum atomic E-state index is -0.195. The van der Waals surface area contributed by atoms with Crippen molar-refractivity contribution in [2.24, 2.45) is 0 Å². The molecule has 0 bridgehead atoms. The second-order valence-corrected chi connectivity index (χ2v) is 8.42. The molecule has 0 aliphatic carbocycles. The summed E-state index contributed by atoms with van der Waals surface area (Å²) in [5, 5.41) is 7.73. The van der Waals surface area contributed by atoms with Crippen LogP contribution in [0.5, 0.6) is 11.6 Å². The maximum atomic E-state index is 6.37. The molecule has 3 aromatic heterocycles. The van der Waals surface area contributed by atoms with E-state index in [1.165, 1.54) is 0 Å². The largest absolute Gasteiger partial charge is 0.494 e. The van der Waals surface area contributed by atoms with Crippen LogP contribution in [0.3, 0.4) is 0 Å². The topological polar surface area (TPSA) is 90.2 Å². The first kappa shape index (κ1) is 21.8. The first-order valence-corrected chi connectivity index (χ1v) is 11.1. The molecule has 4 aromatic rings. The van der Waals surface area contributed by atoms with Crippen molar-refractivity contribution in [2.75, 3.05) is 26.0 Å². The van der Waals surface area contributed by atoms with E-state index in [0.29, 0.717) is 23.3 Å². The van der Waals surface area contributed by atoms with Gasteiger partial charge >= 0.3 is 0 Å². The van der Waals surface area contributed by atoms with E-state index in [4.69, 9.17) is 14.5 Å². The standard InChI is InChI=1S/C25H27N7O2/c1-16-6-5-7-20(27-16)23-14-31(3)13-18-8-11-24(29-25(18)34-23)28-19-9-10-21(22(12-19)33-4)32-15-26-17(2)30-32/h5-12,15,23H,13-14H2,1-4H3,(H,28,29). The minimum absolute atomic E-state index is 0.195. The van der Waals surface area contributed by atoms with Crippen LogP contribution in [0.25, 0.3) is 5.69 Å². The van der Waals surface area contributed by atoms with E-state index in [0.717, 1.165) is 41.4 Å². The lowest BCUT2D eigenvalue weighted by Gasteiger charge is -2.19. The van der Waals surface area contributed by atoms with Crippen LogP contribution in [0.2, 0.25) is 0 Å². The molecule has 9 heteroatoms. The van der Waals surface area contributed by atoms with Crippen LogP contribution in [-0.2, 0) is 6.54 Å². The van der Waals surface area contributed by atoms with Crippen LogP contribution in [0, 0.1) is 13.8 Å². The summed E-state index contributed by atoms with van der Waals surface area (Å²) in [7, 11) is 3.72. The van der Waals surface area contributed by atoms with Crippen molar-refractivity contribution >= 4 is 11.5 Å². The molecule has 34 heavy (non-hydrogen) atoms. The van der Waals surface area contributed by atoms with Crippen LogP contribution in [0.1, 0.15) is 28.9 Å². The van der Waals surface area contributed by atoms with Gasteiger partial charge < -0.3 is 14.8 Å². The van der Waals surface area contributed by atoms with Gasteiger partial charge in [0.15, 0.2) is 6.10 Å². The summed E-state index contributed by atoms with van der Waals surface area (Å²) in [4.78, 5) is 15.9. The van der Waals surface area contributed by atoms with Crippen LogP contribution in [0.4, 0.5) is 11.5 Å². The molecule has 1 aliphatic heterocycles. The summed E-state index contributed by atoms with van der Waals surface area (Å²) in [6.45, 7) is 5.32. The highest BCUT2D eigenvalue weighted by Crippen LogP contribution is 2.32. The maximum absolute atomic E-state index is 6.37. The summed E-state index contributed by atoms with van der Waals surface area (Å²) >= 11 is 0. The van der Waals surface area contributed by atoms with E-state index < -0.39 is 0 Å². The SMILES string of the molecule is COc1cc(Nc2ccc3c(n2)OC(c2cccc(C)n2)CN(C)C3)ccc1-n1cnc(C)n1. The fraction of sp³-hybridized carbons (Fsp3) is 0.280. The minimum Gasteiger partial charge on any atom is -0.494 e. The average molecular weight is 458 g/mol. The third-order valence-corrected chi connectivity index (χ3v) is 5.66. The van der Waals surface area contributed by atoms with Crippen molar-refractivity contribution in [2.45, 2.75) is 26.5 Å². The number of fused-ring (bicyclic) bond motifs is 1. The van der Waals surface area contributed by atoms with E-state index >= 15 is 0 Å². The van der Waals surface area contributed by atoms with Gasteiger partial charge in [0.2, 0.25) is 5.88 Å². The zero-order valence-electron chi connectivity index (χ0n) is 19.7. The van der Waals surface area contributed by atoms with Crippen molar-refractivity contribution in [3.63, 3.8) is 0 Å². The Morgan fingerprint density at radius 2 is 1.97 bits per heavy atom. The number of nitrogens with zero attached hydrogens (tertiary/aromatic N) is 6. The highest BCUT2D eigenvalue weighted by Gasteiger charge is 2.25. The number of nitrogens with one attached hydrogen (secondary N) is 1. The number of methoxy groups -OCH3 is 1. The first-order valence-electron chi connectivity index (χ1n) is 11.1. The lowest BCUT2D eigenvalue weighted by molar-refractivity contribution is 0.156. The van der Waals surface area contributed by atoms with E-state index in [1.54, 1.807) is 18.1 Å². The molecular formula is C25H27N7O2. The Morgan fingerprint density at radius 1 is 1.09 bits per heavy atom. The molecule has 0 amide bonds. The Morgan fingerprint density at radius 3 is 2.74 bits per heavy atom. The number of rotatable bonds is 5. The lowest BCUT2D eigenvalue weighted by Crippen LogP contribution is -2.24. The molecule has 5 rings (SSSR count). The molecule has 1 unspecified atom stereocenters. The molecular weight excluding hydrogens is 430 g/mol. The van der Waals surface area contributed by atoms with Gasteiger partial charge in [-0.05, 0) is 57.3 Å². The molecule has 9 nitrogen and oxygen atoms in total. The molecule has 174 valence electrons. The molecule has 1 atom stereocenters. The van der Waals surface area contributed by atoms with Gasteiger partial charge in [0, 0.05) is 36.1 Å². The quantitative estimate of drug-likeness (QED) is 0.481. The number of ether oxygens (including phenoxy) is 2. The van der Waals surface area contributed by atoms with Crippen LogP contribution in [0.15, 0.2) is 54.9 Å². The molecule has 1 aliphatic rings. The summed E-state index contributed by atoms with van der Waals surface area (Å²) in [5.41, 5.74) is 4.56. The molecule has 0 fully saturated rings. The first-order chi connectivity index (χ1) is 16.5. The molecule has 0 radical (unpaired) electrons. The summed E-state index contributed by atoms with van der Waals surface area (Å²) in [5.74, 6) is 2.67. The fourth-order valence-electron chi connectivity index (χ4n) is 4.02. The maximum Gasteiger partial charge on any atom is 0.220 e. The zero-order chi connectivity index (χ0) is 23.7. The summed E-state index contributed by atoms with van der Waals surface area (Å²) in [6, 6.07) is 15.8. The number of aryl methyl sites for hydroxylation is 2. The number of pyridine rings is 2. The Hall–Kier alpha value is -3.98. The Balaban J connectivity index is 1.41. The van der Waals surface area contributed by atoms with Crippen molar-refractivity contribution in [1.82, 2.24) is 29.6 Å².